The zero-order valence-corrected chi connectivity index (χ0v) is 10.7. The van der Waals surface area contributed by atoms with Gasteiger partial charge in [0.1, 0.15) is 17.1 Å². The van der Waals surface area contributed by atoms with Crippen LogP contribution >= 0.6 is 0 Å². The third kappa shape index (κ3) is 1.80. The first-order valence-corrected chi connectivity index (χ1v) is 6.08. The smallest absolute Gasteiger partial charge is 0.356 e. The molecule has 2 N–H and O–H groups in total. The van der Waals surface area contributed by atoms with Gasteiger partial charge in [-0.25, -0.2) is 9.78 Å². The van der Waals surface area contributed by atoms with E-state index < -0.39 is 5.97 Å². The highest BCUT2D eigenvalue weighted by molar-refractivity contribution is 5.96. The number of aromatic nitrogens is 2. The van der Waals surface area contributed by atoms with Gasteiger partial charge in [0, 0.05) is 11.8 Å². The normalized spacial score (nSPS) is 10.8. The van der Waals surface area contributed by atoms with Gasteiger partial charge < -0.3 is 10.2 Å². The van der Waals surface area contributed by atoms with Crippen LogP contribution in [0.2, 0.25) is 0 Å². The average molecular weight is 268 g/mol. The molecular weight excluding hydrogens is 256 g/mol. The molecule has 2 aromatic heterocycles. The number of rotatable bonds is 2. The average Bonchev–Trinajstić information content (AvgIpc) is 2.80. The molecule has 0 aliphatic rings. The van der Waals surface area contributed by atoms with Crippen LogP contribution in [0.3, 0.4) is 0 Å². The van der Waals surface area contributed by atoms with Crippen LogP contribution in [0.5, 0.6) is 5.75 Å². The van der Waals surface area contributed by atoms with Crippen LogP contribution in [0.1, 0.15) is 16.1 Å². The molecule has 0 radical (unpaired) electrons. The number of aromatic carboxylic acids is 1. The van der Waals surface area contributed by atoms with Gasteiger partial charge in [0.15, 0.2) is 5.69 Å². The summed E-state index contributed by atoms with van der Waals surface area (Å²) in [5.41, 5.74) is 1.91. The van der Waals surface area contributed by atoms with Gasteiger partial charge in [-0.2, -0.15) is 0 Å². The van der Waals surface area contributed by atoms with Crippen LogP contribution in [0.25, 0.3) is 16.9 Å². The number of fused-ring (bicyclic) bond motifs is 1. The molecule has 5 nitrogen and oxygen atoms in total. The van der Waals surface area contributed by atoms with Crippen LogP contribution < -0.4 is 0 Å². The molecule has 0 aliphatic carbocycles. The topological polar surface area (TPSA) is 74.8 Å². The maximum Gasteiger partial charge on any atom is 0.356 e. The number of aryl methyl sites for hydroxylation is 1. The maximum absolute atomic E-state index is 11.3. The van der Waals surface area contributed by atoms with E-state index in [1.54, 1.807) is 16.7 Å². The first kappa shape index (κ1) is 12.2. The van der Waals surface area contributed by atoms with Crippen molar-refractivity contribution in [3.05, 3.63) is 53.9 Å². The third-order valence-electron chi connectivity index (χ3n) is 3.12. The van der Waals surface area contributed by atoms with Crippen LogP contribution in [0.15, 0.2) is 42.6 Å². The Bertz CT molecular complexity index is 821. The monoisotopic (exact) mass is 268 g/mol. The maximum atomic E-state index is 11.3. The Morgan fingerprint density at radius 2 is 2.05 bits per heavy atom. The number of carboxylic acid groups (broad SMARTS) is 1. The van der Waals surface area contributed by atoms with Crippen molar-refractivity contribution in [2.75, 3.05) is 0 Å². The number of carbonyl (C=O) groups is 1. The van der Waals surface area contributed by atoms with Gasteiger partial charge >= 0.3 is 5.97 Å². The number of carboxylic acids is 1. The van der Waals surface area contributed by atoms with Crippen molar-refractivity contribution >= 4 is 11.5 Å². The van der Waals surface area contributed by atoms with E-state index >= 15 is 0 Å². The molecule has 0 bridgehead atoms. The number of nitrogens with zero attached hydrogens (tertiary/aromatic N) is 2. The Balaban J connectivity index is 2.38. The van der Waals surface area contributed by atoms with Crippen molar-refractivity contribution in [2.24, 2.45) is 0 Å². The van der Waals surface area contributed by atoms with Crippen molar-refractivity contribution in [2.45, 2.75) is 6.92 Å². The summed E-state index contributed by atoms with van der Waals surface area (Å²) in [5, 5.41) is 19.1. The summed E-state index contributed by atoms with van der Waals surface area (Å²) in [5.74, 6) is -0.767. The fraction of sp³-hybridized carbons (Fsp3) is 0.0667. The molecule has 0 spiro atoms. The van der Waals surface area contributed by atoms with E-state index in [-0.39, 0.29) is 17.0 Å². The fourth-order valence-corrected chi connectivity index (χ4v) is 2.26. The summed E-state index contributed by atoms with van der Waals surface area (Å²) in [7, 11) is 0. The second-order valence-electron chi connectivity index (χ2n) is 4.57. The second kappa shape index (κ2) is 4.38. The largest absolute Gasteiger partial charge is 0.506 e. The standard InChI is InChI=1S/C15H12N2O3/c1-9-4-2-5-10(8-9)14-16-12(15(19)20)13-11(18)6-3-7-17(13)14/h2-8,18H,1H3,(H,19,20). The lowest BCUT2D eigenvalue weighted by atomic mass is 10.1. The molecular formula is C15H12N2O3. The van der Waals surface area contributed by atoms with Gasteiger partial charge in [-0.15, -0.1) is 0 Å². The Morgan fingerprint density at radius 1 is 1.25 bits per heavy atom. The number of hydrogen-bond donors (Lipinski definition) is 2. The Hall–Kier alpha value is -2.82. The van der Waals surface area contributed by atoms with E-state index in [1.165, 1.54) is 6.07 Å². The molecule has 3 rings (SSSR count). The minimum atomic E-state index is -1.16. The summed E-state index contributed by atoms with van der Waals surface area (Å²) in [6.45, 7) is 1.95. The highest BCUT2D eigenvalue weighted by Gasteiger charge is 2.20. The first-order chi connectivity index (χ1) is 9.58. The molecule has 1 aromatic carbocycles. The minimum absolute atomic E-state index is 0.101. The van der Waals surface area contributed by atoms with Crippen LogP contribution in [-0.4, -0.2) is 25.6 Å². The van der Waals surface area contributed by atoms with Gasteiger partial charge in [-0.3, -0.25) is 4.40 Å². The van der Waals surface area contributed by atoms with Crippen LogP contribution in [-0.2, 0) is 0 Å². The molecule has 20 heavy (non-hydrogen) atoms. The van der Waals surface area contributed by atoms with E-state index in [2.05, 4.69) is 4.98 Å². The molecule has 3 aromatic rings. The van der Waals surface area contributed by atoms with Crippen molar-refractivity contribution in [1.29, 1.82) is 0 Å². The summed E-state index contributed by atoms with van der Waals surface area (Å²) < 4.78 is 1.59. The molecule has 0 saturated carbocycles. The highest BCUT2D eigenvalue weighted by Crippen LogP contribution is 2.28. The molecule has 5 heteroatoms. The van der Waals surface area contributed by atoms with Gasteiger partial charge in [0.2, 0.25) is 0 Å². The SMILES string of the molecule is Cc1cccc(-c2nc(C(=O)O)c3c(O)cccn23)c1. The molecule has 0 fully saturated rings. The Labute approximate surface area is 114 Å². The van der Waals surface area contributed by atoms with Crippen molar-refractivity contribution in [3.63, 3.8) is 0 Å². The molecule has 0 unspecified atom stereocenters. The molecule has 0 atom stereocenters. The zero-order valence-electron chi connectivity index (χ0n) is 10.7. The summed E-state index contributed by atoms with van der Waals surface area (Å²) in [6, 6.07) is 10.7. The Morgan fingerprint density at radius 3 is 2.75 bits per heavy atom. The molecule has 0 saturated heterocycles. The van der Waals surface area contributed by atoms with E-state index in [1.807, 2.05) is 31.2 Å². The third-order valence-corrected chi connectivity index (χ3v) is 3.12. The molecule has 100 valence electrons. The fourth-order valence-electron chi connectivity index (χ4n) is 2.26. The predicted molar refractivity (Wildman–Crippen MR) is 74.0 cm³/mol. The van der Waals surface area contributed by atoms with Crippen molar-refractivity contribution < 1.29 is 15.0 Å². The summed E-state index contributed by atoms with van der Waals surface area (Å²) in [4.78, 5) is 15.5. The number of imidazole rings is 1. The first-order valence-electron chi connectivity index (χ1n) is 6.08. The van der Waals surface area contributed by atoms with Gasteiger partial charge in [-0.05, 0) is 25.1 Å². The summed E-state index contributed by atoms with van der Waals surface area (Å²) in [6.07, 6.45) is 1.69. The highest BCUT2D eigenvalue weighted by atomic mass is 16.4. The van der Waals surface area contributed by atoms with E-state index in [0.717, 1.165) is 11.1 Å². The second-order valence-corrected chi connectivity index (χ2v) is 4.57. The lowest BCUT2D eigenvalue weighted by Gasteiger charge is -2.03. The molecule has 0 aliphatic heterocycles. The van der Waals surface area contributed by atoms with Crippen molar-refractivity contribution in [3.8, 4) is 17.1 Å². The van der Waals surface area contributed by atoms with Crippen LogP contribution in [0.4, 0.5) is 0 Å². The van der Waals surface area contributed by atoms with Gasteiger partial charge in [0.05, 0.1) is 0 Å². The predicted octanol–water partition coefficient (Wildman–Crippen LogP) is 2.71. The van der Waals surface area contributed by atoms with Gasteiger partial charge in [-0.1, -0.05) is 23.8 Å². The number of aromatic hydroxyl groups is 1. The number of pyridine rings is 1. The zero-order chi connectivity index (χ0) is 14.3. The van der Waals surface area contributed by atoms with Crippen LogP contribution in [0, 0.1) is 6.92 Å². The number of hydrogen-bond acceptors (Lipinski definition) is 3. The summed E-state index contributed by atoms with van der Waals surface area (Å²) >= 11 is 0. The lowest BCUT2D eigenvalue weighted by molar-refractivity contribution is 0.0693. The quantitative estimate of drug-likeness (QED) is 0.749. The van der Waals surface area contributed by atoms with E-state index in [9.17, 15) is 15.0 Å². The molecule has 2 heterocycles. The van der Waals surface area contributed by atoms with E-state index in [0.29, 0.717) is 5.82 Å². The number of benzene rings is 1. The lowest BCUT2D eigenvalue weighted by Crippen LogP contribution is -1.97. The Kier molecular flexibility index (Phi) is 2.68. The minimum Gasteiger partial charge on any atom is -0.506 e. The van der Waals surface area contributed by atoms with E-state index in [4.69, 9.17) is 0 Å². The molecule has 0 amide bonds. The van der Waals surface area contributed by atoms with Crippen molar-refractivity contribution in [1.82, 2.24) is 9.38 Å². The van der Waals surface area contributed by atoms with Gasteiger partial charge in [0.25, 0.3) is 0 Å².